The molecular formula is C12H25N3O2. The Morgan fingerprint density at radius 3 is 2.82 bits per heavy atom. The quantitative estimate of drug-likeness (QED) is 0.661. The molecule has 1 fully saturated rings. The van der Waals surface area contributed by atoms with E-state index < -0.39 is 0 Å². The van der Waals surface area contributed by atoms with Crippen molar-refractivity contribution in [1.29, 1.82) is 0 Å². The second kappa shape index (κ2) is 6.93. The van der Waals surface area contributed by atoms with Crippen LogP contribution in [-0.2, 0) is 4.79 Å². The van der Waals surface area contributed by atoms with E-state index in [4.69, 9.17) is 0 Å². The van der Waals surface area contributed by atoms with Crippen molar-refractivity contribution in [3.05, 3.63) is 0 Å². The fourth-order valence-corrected chi connectivity index (χ4v) is 2.37. The third-order valence-electron chi connectivity index (χ3n) is 3.08. The van der Waals surface area contributed by atoms with Crippen molar-refractivity contribution in [3.8, 4) is 0 Å². The minimum atomic E-state index is -0.241. The number of nitrogens with zero attached hydrogens (tertiary/aromatic N) is 2. The van der Waals surface area contributed by atoms with Crippen LogP contribution in [0.2, 0.25) is 0 Å². The van der Waals surface area contributed by atoms with Gasteiger partial charge < -0.3 is 15.3 Å². The first-order valence-electron chi connectivity index (χ1n) is 6.36. The zero-order chi connectivity index (χ0) is 12.8. The second-order valence-corrected chi connectivity index (χ2v) is 5.00. The molecule has 2 atom stereocenters. The summed E-state index contributed by atoms with van der Waals surface area (Å²) >= 11 is 0. The maximum absolute atomic E-state index is 11.4. The molecule has 5 nitrogen and oxygen atoms in total. The number of likely N-dealkylation sites (N-methyl/N-ethyl adjacent to an activating group) is 1. The zero-order valence-corrected chi connectivity index (χ0v) is 11.1. The van der Waals surface area contributed by atoms with E-state index in [1.54, 1.807) is 0 Å². The van der Waals surface area contributed by atoms with Gasteiger partial charge in [0.25, 0.3) is 0 Å². The largest absolute Gasteiger partial charge is 0.392 e. The van der Waals surface area contributed by atoms with E-state index in [0.29, 0.717) is 25.6 Å². The van der Waals surface area contributed by atoms with Crippen LogP contribution in [0.3, 0.4) is 0 Å². The lowest BCUT2D eigenvalue weighted by molar-refractivity contribution is -0.121. The number of aliphatic hydroxyl groups is 1. The molecule has 2 N–H and O–H groups in total. The van der Waals surface area contributed by atoms with Gasteiger partial charge in [0.2, 0.25) is 5.91 Å². The van der Waals surface area contributed by atoms with E-state index in [1.165, 1.54) is 0 Å². The van der Waals surface area contributed by atoms with Gasteiger partial charge in [-0.25, -0.2) is 0 Å². The minimum Gasteiger partial charge on any atom is -0.392 e. The fraction of sp³-hybridized carbons (Fsp3) is 0.917. The Balaban J connectivity index is 2.36. The van der Waals surface area contributed by atoms with Gasteiger partial charge in [-0.1, -0.05) is 0 Å². The van der Waals surface area contributed by atoms with Crippen molar-refractivity contribution in [3.63, 3.8) is 0 Å². The Morgan fingerprint density at radius 2 is 2.24 bits per heavy atom. The molecule has 100 valence electrons. The van der Waals surface area contributed by atoms with E-state index >= 15 is 0 Å². The Bertz CT molecular complexity index is 246. The van der Waals surface area contributed by atoms with Gasteiger partial charge >= 0.3 is 0 Å². The first-order valence-corrected chi connectivity index (χ1v) is 6.36. The molecule has 1 heterocycles. The Labute approximate surface area is 104 Å². The first kappa shape index (κ1) is 14.4. The van der Waals surface area contributed by atoms with Crippen molar-refractivity contribution in [2.75, 3.05) is 40.3 Å². The molecule has 0 aromatic rings. The molecule has 5 heteroatoms. The highest BCUT2D eigenvalue weighted by Crippen LogP contribution is 2.18. The number of rotatable bonds is 6. The smallest absolute Gasteiger partial charge is 0.221 e. The highest BCUT2D eigenvalue weighted by molar-refractivity contribution is 5.75. The number of nitrogens with one attached hydrogen (secondary N) is 1. The lowest BCUT2D eigenvalue weighted by Crippen LogP contribution is -2.39. The number of β-amino-alcohol motifs (C(OH)–C–C–N with tert-alkyl or cyclic N) is 1. The van der Waals surface area contributed by atoms with Gasteiger partial charge in [-0.3, -0.25) is 9.69 Å². The summed E-state index contributed by atoms with van der Waals surface area (Å²) in [4.78, 5) is 15.7. The molecule has 1 amide bonds. The van der Waals surface area contributed by atoms with Crippen LogP contribution in [0.4, 0.5) is 0 Å². The van der Waals surface area contributed by atoms with Gasteiger partial charge in [-0.2, -0.15) is 0 Å². The summed E-state index contributed by atoms with van der Waals surface area (Å²) in [6.07, 6.45) is 1.09. The minimum absolute atomic E-state index is 0.0949. The van der Waals surface area contributed by atoms with Gasteiger partial charge in [0.1, 0.15) is 0 Å². The molecule has 0 aromatic heterocycles. The first-order chi connectivity index (χ1) is 8.02. The summed E-state index contributed by atoms with van der Waals surface area (Å²) in [6, 6.07) is 0.370. The summed E-state index contributed by atoms with van der Waals surface area (Å²) in [7, 11) is 4.07. The Hall–Kier alpha value is -0.650. The molecule has 0 radical (unpaired) electrons. The number of carbonyl (C=O) groups excluding carboxylic acids is 1. The fourth-order valence-electron chi connectivity index (χ4n) is 2.37. The van der Waals surface area contributed by atoms with Crippen LogP contribution in [0.25, 0.3) is 0 Å². The van der Waals surface area contributed by atoms with Gasteiger partial charge in [0.15, 0.2) is 0 Å². The number of hydrogen-bond donors (Lipinski definition) is 2. The van der Waals surface area contributed by atoms with Crippen LogP contribution < -0.4 is 5.32 Å². The normalized spacial score (nSPS) is 25.5. The molecule has 1 saturated heterocycles. The summed E-state index contributed by atoms with van der Waals surface area (Å²) in [6.45, 7) is 4.97. The molecule has 2 unspecified atom stereocenters. The monoisotopic (exact) mass is 243 g/mol. The lowest BCUT2D eigenvalue weighted by atomic mass is 10.2. The summed E-state index contributed by atoms with van der Waals surface area (Å²) in [5, 5.41) is 12.5. The van der Waals surface area contributed by atoms with Crippen molar-refractivity contribution in [2.45, 2.75) is 31.9 Å². The molecule has 17 heavy (non-hydrogen) atoms. The summed E-state index contributed by atoms with van der Waals surface area (Å²) in [5.74, 6) is 0.0949. The van der Waals surface area contributed by atoms with Crippen LogP contribution in [0.5, 0.6) is 0 Å². The number of aliphatic hydroxyl groups excluding tert-OH is 1. The predicted molar refractivity (Wildman–Crippen MR) is 67.8 cm³/mol. The van der Waals surface area contributed by atoms with E-state index in [9.17, 15) is 9.90 Å². The van der Waals surface area contributed by atoms with Crippen molar-refractivity contribution >= 4 is 5.91 Å². The van der Waals surface area contributed by atoms with Crippen LogP contribution in [0, 0.1) is 0 Å². The van der Waals surface area contributed by atoms with Crippen LogP contribution in [0.15, 0.2) is 0 Å². The third-order valence-corrected chi connectivity index (χ3v) is 3.08. The van der Waals surface area contributed by atoms with Crippen LogP contribution >= 0.6 is 0 Å². The van der Waals surface area contributed by atoms with Crippen LogP contribution in [0.1, 0.15) is 19.8 Å². The number of likely N-dealkylation sites (tertiary alicyclic amines) is 1. The predicted octanol–water partition coefficient (Wildman–Crippen LogP) is -0.491. The molecular weight excluding hydrogens is 218 g/mol. The van der Waals surface area contributed by atoms with E-state index in [1.807, 2.05) is 21.0 Å². The third kappa shape index (κ3) is 5.02. The average Bonchev–Trinajstić information content (AvgIpc) is 2.55. The van der Waals surface area contributed by atoms with E-state index in [2.05, 4.69) is 15.1 Å². The zero-order valence-electron chi connectivity index (χ0n) is 11.1. The number of hydrogen-bond acceptors (Lipinski definition) is 4. The Kier molecular flexibility index (Phi) is 5.88. The SMILES string of the molecule is CCNC(=O)CCN1CC(O)CC1CN(C)C. The van der Waals surface area contributed by atoms with Crippen molar-refractivity contribution < 1.29 is 9.90 Å². The molecule has 0 saturated carbocycles. The molecule has 0 aromatic carbocycles. The highest BCUT2D eigenvalue weighted by atomic mass is 16.3. The summed E-state index contributed by atoms with van der Waals surface area (Å²) in [5.41, 5.74) is 0. The lowest BCUT2D eigenvalue weighted by Gasteiger charge is -2.26. The van der Waals surface area contributed by atoms with Gasteiger partial charge in [-0.15, -0.1) is 0 Å². The van der Waals surface area contributed by atoms with Gasteiger partial charge in [0.05, 0.1) is 6.10 Å². The number of amides is 1. The van der Waals surface area contributed by atoms with Gasteiger partial charge in [0, 0.05) is 38.6 Å². The molecule has 0 bridgehead atoms. The van der Waals surface area contributed by atoms with Gasteiger partial charge in [-0.05, 0) is 27.4 Å². The Morgan fingerprint density at radius 1 is 1.53 bits per heavy atom. The molecule has 1 aliphatic rings. The molecule has 0 aliphatic carbocycles. The average molecular weight is 243 g/mol. The summed E-state index contributed by atoms with van der Waals surface area (Å²) < 4.78 is 0. The molecule has 1 rings (SSSR count). The maximum Gasteiger partial charge on any atom is 0.221 e. The molecule has 0 spiro atoms. The van der Waals surface area contributed by atoms with E-state index in [0.717, 1.165) is 19.5 Å². The number of carbonyl (C=O) groups is 1. The van der Waals surface area contributed by atoms with Crippen molar-refractivity contribution in [2.24, 2.45) is 0 Å². The van der Waals surface area contributed by atoms with Crippen LogP contribution in [-0.4, -0.2) is 73.2 Å². The van der Waals surface area contributed by atoms with E-state index in [-0.39, 0.29) is 12.0 Å². The highest BCUT2D eigenvalue weighted by Gasteiger charge is 2.30. The maximum atomic E-state index is 11.4. The second-order valence-electron chi connectivity index (χ2n) is 5.00. The van der Waals surface area contributed by atoms with Crippen molar-refractivity contribution in [1.82, 2.24) is 15.1 Å². The topological polar surface area (TPSA) is 55.8 Å². The standard InChI is InChI=1S/C12H25N3O2/c1-4-13-12(17)5-6-15-9-11(16)7-10(15)8-14(2)3/h10-11,16H,4-9H2,1-3H3,(H,13,17). The molecule has 1 aliphatic heterocycles.